The van der Waals surface area contributed by atoms with E-state index in [2.05, 4.69) is 0 Å². The van der Waals surface area contributed by atoms with Crippen LogP contribution in [0, 0.1) is 13.8 Å². The van der Waals surface area contributed by atoms with Gasteiger partial charge in [-0.2, -0.15) is 0 Å². The van der Waals surface area contributed by atoms with Crippen molar-refractivity contribution in [1.82, 2.24) is 0 Å². The summed E-state index contributed by atoms with van der Waals surface area (Å²) in [6.07, 6.45) is 0. The fourth-order valence-electron chi connectivity index (χ4n) is 2.16. The zero-order valence-corrected chi connectivity index (χ0v) is 13.2. The molecule has 0 unspecified atom stereocenters. The summed E-state index contributed by atoms with van der Waals surface area (Å²) in [5.41, 5.74) is 2.88. The summed E-state index contributed by atoms with van der Waals surface area (Å²) in [6, 6.07) is 8.82. The van der Waals surface area contributed by atoms with Gasteiger partial charge in [0.05, 0.1) is 19.2 Å². The molecule has 110 valence electrons. The summed E-state index contributed by atoms with van der Waals surface area (Å²) in [7, 11) is 3.04. The number of carbonyl (C=O) groups excluding carboxylic acids is 1. The molecule has 0 aliphatic rings. The van der Waals surface area contributed by atoms with Crippen molar-refractivity contribution >= 4 is 17.4 Å². The molecule has 21 heavy (non-hydrogen) atoms. The molecule has 4 heteroatoms. The topological polar surface area (TPSA) is 35.5 Å². The standard InChI is InChI=1S/C17H17ClO3/c1-10-8-12(13(18)9-11(10)2)17(19)16-14(20-3)6-5-7-15(16)21-4/h5-9H,1-4H3. The lowest BCUT2D eigenvalue weighted by Crippen LogP contribution is -2.08. The second-order valence-corrected chi connectivity index (χ2v) is 5.19. The molecule has 0 aromatic heterocycles. The Bertz CT molecular complexity index is 670. The van der Waals surface area contributed by atoms with Gasteiger partial charge in [0.1, 0.15) is 17.1 Å². The molecule has 0 aliphatic heterocycles. The van der Waals surface area contributed by atoms with Gasteiger partial charge in [0.25, 0.3) is 0 Å². The first-order valence-corrected chi connectivity index (χ1v) is 6.89. The van der Waals surface area contributed by atoms with Gasteiger partial charge < -0.3 is 9.47 Å². The Balaban J connectivity index is 2.63. The molecule has 0 saturated heterocycles. The average Bonchev–Trinajstić information content (AvgIpc) is 2.49. The summed E-state index contributed by atoms with van der Waals surface area (Å²) in [5, 5.41) is 0.427. The first-order valence-electron chi connectivity index (χ1n) is 6.52. The monoisotopic (exact) mass is 304 g/mol. The lowest BCUT2D eigenvalue weighted by Gasteiger charge is -2.13. The number of ether oxygens (including phenoxy) is 2. The highest BCUT2D eigenvalue weighted by atomic mass is 35.5. The SMILES string of the molecule is COc1cccc(OC)c1C(=O)c1cc(C)c(C)cc1Cl. The van der Waals surface area contributed by atoms with Gasteiger partial charge in [0.2, 0.25) is 5.78 Å². The molecule has 0 bridgehead atoms. The first kappa shape index (κ1) is 15.4. The molecule has 2 rings (SSSR count). The molecule has 0 atom stereocenters. The predicted octanol–water partition coefficient (Wildman–Crippen LogP) is 4.21. The van der Waals surface area contributed by atoms with Crippen molar-refractivity contribution in [2.75, 3.05) is 14.2 Å². The highest BCUT2D eigenvalue weighted by Crippen LogP contribution is 2.33. The number of hydrogen-bond donors (Lipinski definition) is 0. The van der Waals surface area contributed by atoms with Crippen molar-refractivity contribution in [3.63, 3.8) is 0 Å². The predicted molar refractivity (Wildman–Crippen MR) is 83.9 cm³/mol. The molecule has 3 nitrogen and oxygen atoms in total. The van der Waals surface area contributed by atoms with Crippen LogP contribution in [0.15, 0.2) is 30.3 Å². The van der Waals surface area contributed by atoms with Crippen LogP contribution >= 0.6 is 11.6 Å². The Hall–Kier alpha value is -2.00. The Morgan fingerprint density at radius 2 is 1.52 bits per heavy atom. The van der Waals surface area contributed by atoms with E-state index in [9.17, 15) is 4.79 Å². The number of ketones is 1. The Kier molecular flexibility index (Phi) is 4.53. The molecule has 0 fully saturated rings. The summed E-state index contributed by atoms with van der Waals surface area (Å²) in [4.78, 5) is 12.8. The third-order valence-electron chi connectivity index (χ3n) is 3.48. The van der Waals surface area contributed by atoms with Gasteiger partial charge in [-0.1, -0.05) is 17.7 Å². The average molecular weight is 305 g/mol. The molecule has 0 aliphatic carbocycles. The molecule has 0 heterocycles. The minimum Gasteiger partial charge on any atom is -0.496 e. The van der Waals surface area contributed by atoms with Crippen molar-refractivity contribution < 1.29 is 14.3 Å². The van der Waals surface area contributed by atoms with Crippen LogP contribution in [0.4, 0.5) is 0 Å². The van der Waals surface area contributed by atoms with Crippen molar-refractivity contribution in [2.45, 2.75) is 13.8 Å². The number of rotatable bonds is 4. The maximum Gasteiger partial charge on any atom is 0.202 e. The fourth-order valence-corrected chi connectivity index (χ4v) is 2.47. The minimum atomic E-state index is -0.211. The Morgan fingerprint density at radius 3 is 2.05 bits per heavy atom. The van der Waals surface area contributed by atoms with Crippen molar-refractivity contribution in [3.05, 3.63) is 57.6 Å². The molecule has 0 radical (unpaired) electrons. The normalized spacial score (nSPS) is 10.3. The molecule has 0 amide bonds. The number of carbonyl (C=O) groups is 1. The van der Waals surface area contributed by atoms with Gasteiger partial charge in [-0.05, 0) is 49.2 Å². The Morgan fingerprint density at radius 1 is 1.00 bits per heavy atom. The summed E-state index contributed by atoms with van der Waals surface area (Å²) < 4.78 is 10.6. The van der Waals surface area contributed by atoms with Crippen LogP contribution in [0.25, 0.3) is 0 Å². The maximum absolute atomic E-state index is 12.8. The number of hydrogen-bond acceptors (Lipinski definition) is 3. The van der Waals surface area contributed by atoms with Crippen molar-refractivity contribution in [1.29, 1.82) is 0 Å². The second kappa shape index (κ2) is 6.19. The first-order chi connectivity index (χ1) is 9.99. The zero-order chi connectivity index (χ0) is 15.6. The molecule has 2 aromatic rings. The highest BCUT2D eigenvalue weighted by Gasteiger charge is 2.22. The summed E-state index contributed by atoms with van der Waals surface area (Å²) >= 11 is 6.23. The van der Waals surface area contributed by atoms with E-state index < -0.39 is 0 Å². The van der Waals surface area contributed by atoms with Crippen molar-refractivity contribution in [2.24, 2.45) is 0 Å². The number of methoxy groups -OCH3 is 2. The third kappa shape index (κ3) is 2.88. The van der Waals surface area contributed by atoms with E-state index in [1.807, 2.05) is 13.8 Å². The summed E-state index contributed by atoms with van der Waals surface area (Å²) in [5.74, 6) is 0.722. The van der Waals surface area contributed by atoms with Crippen LogP contribution in [0.2, 0.25) is 5.02 Å². The van der Waals surface area contributed by atoms with Crippen molar-refractivity contribution in [3.8, 4) is 11.5 Å². The lowest BCUT2D eigenvalue weighted by molar-refractivity contribution is 0.103. The van der Waals surface area contributed by atoms with Crippen LogP contribution < -0.4 is 9.47 Å². The smallest absolute Gasteiger partial charge is 0.202 e. The quantitative estimate of drug-likeness (QED) is 0.794. The molecular formula is C17H17ClO3. The van der Waals surface area contributed by atoms with Gasteiger partial charge in [-0.15, -0.1) is 0 Å². The van der Waals surface area contributed by atoms with E-state index in [1.54, 1.807) is 30.3 Å². The maximum atomic E-state index is 12.8. The van der Waals surface area contributed by atoms with Crippen LogP contribution in [-0.2, 0) is 0 Å². The van der Waals surface area contributed by atoms with E-state index >= 15 is 0 Å². The van der Waals surface area contributed by atoms with Gasteiger partial charge in [0.15, 0.2) is 0 Å². The molecule has 0 saturated carbocycles. The molecule has 0 N–H and O–H groups in total. The minimum absolute atomic E-state index is 0.211. The van der Waals surface area contributed by atoms with Gasteiger partial charge in [-0.25, -0.2) is 0 Å². The van der Waals surface area contributed by atoms with E-state index in [0.717, 1.165) is 11.1 Å². The zero-order valence-electron chi connectivity index (χ0n) is 12.5. The number of halogens is 1. The van der Waals surface area contributed by atoms with E-state index in [1.165, 1.54) is 14.2 Å². The van der Waals surface area contributed by atoms with Crippen LogP contribution in [0.5, 0.6) is 11.5 Å². The molecular weight excluding hydrogens is 288 g/mol. The summed E-state index contributed by atoms with van der Waals surface area (Å²) in [6.45, 7) is 3.90. The lowest BCUT2D eigenvalue weighted by atomic mass is 9.98. The van der Waals surface area contributed by atoms with Gasteiger partial charge in [-0.3, -0.25) is 4.79 Å². The van der Waals surface area contributed by atoms with E-state index in [-0.39, 0.29) is 5.78 Å². The second-order valence-electron chi connectivity index (χ2n) is 4.78. The van der Waals surface area contributed by atoms with Gasteiger partial charge >= 0.3 is 0 Å². The molecule has 2 aromatic carbocycles. The molecule has 0 spiro atoms. The van der Waals surface area contributed by atoms with Crippen LogP contribution in [0.3, 0.4) is 0 Å². The third-order valence-corrected chi connectivity index (χ3v) is 3.80. The van der Waals surface area contributed by atoms with E-state index in [0.29, 0.717) is 27.6 Å². The largest absolute Gasteiger partial charge is 0.496 e. The number of benzene rings is 2. The fraction of sp³-hybridized carbons (Fsp3) is 0.235. The van der Waals surface area contributed by atoms with E-state index in [4.69, 9.17) is 21.1 Å². The van der Waals surface area contributed by atoms with Crippen LogP contribution in [0.1, 0.15) is 27.0 Å². The Labute approximate surface area is 129 Å². The number of aryl methyl sites for hydroxylation is 2. The van der Waals surface area contributed by atoms with Crippen LogP contribution in [-0.4, -0.2) is 20.0 Å². The van der Waals surface area contributed by atoms with Gasteiger partial charge in [0, 0.05) is 5.56 Å². The highest BCUT2D eigenvalue weighted by molar-refractivity contribution is 6.35.